The molecule has 0 fully saturated rings. The first-order chi connectivity index (χ1) is 12.6. The second-order valence-electron chi connectivity index (χ2n) is 6.48. The van der Waals surface area contributed by atoms with Crippen LogP contribution in [0.2, 0.25) is 0 Å². The van der Waals surface area contributed by atoms with Crippen LogP contribution in [0.25, 0.3) is 10.9 Å². The number of aromatic nitrogens is 2. The second-order valence-corrected chi connectivity index (χ2v) is 6.48. The molecule has 0 saturated carbocycles. The van der Waals surface area contributed by atoms with Gasteiger partial charge in [0.1, 0.15) is 13.2 Å². The number of hydrogen-bond donors (Lipinski definition) is 1. The first-order valence-corrected chi connectivity index (χ1v) is 8.70. The van der Waals surface area contributed by atoms with Crippen molar-refractivity contribution in [1.82, 2.24) is 15.1 Å². The molecule has 2 heterocycles. The Labute approximate surface area is 151 Å². The largest absolute Gasteiger partial charge is 0.486 e. The summed E-state index contributed by atoms with van der Waals surface area (Å²) in [6.45, 7) is 3.12. The first-order valence-electron chi connectivity index (χ1n) is 8.70. The third-order valence-corrected chi connectivity index (χ3v) is 4.89. The smallest absolute Gasteiger partial charge is 0.228 e. The van der Waals surface area contributed by atoms with Crippen molar-refractivity contribution in [2.75, 3.05) is 20.3 Å². The Morgan fingerprint density at radius 3 is 2.81 bits per heavy atom. The van der Waals surface area contributed by atoms with Gasteiger partial charge in [0.25, 0.3) is 0 Å². The molecule has 0 spiro atoms. The molecule has 26 heavy (non-hydrogen) atoms. The molecule has 134 valence electrons. The third kappa shape index (κ3) is 2.98. The summed E-state index contributed by atoms with van der Waals surface area (Å²) in [6.07, 6.45) is 0.284. The van der Waals surface area contributed by atoms with E-state index < -0.39 is 0 Å². The lowest BCUT2D eigenvalue weighted by Gasteiger charge is -2.27. The Bertz CT molecular complexity index is 950. The van der Waals surface area contributed by atoms with E-state index in [0.29, 0.717) is 13.2 Å². The average Bonchev–Trinajstić information content (AvgIpc) is 3.09. The maximum Gasteiger partial charge on any atom is 0.228 e. The first kappa shape index (κ1) is 16.4. The number of ether oxygens (including phenoxy) is 2. The van der Waals surface area contributed by atoms with E-state index in [9.17, 15) is 4.79 Å². The van der Waals surface area contributed by atoms with Crippen molar-refractivity contribution in [3.05, 3.63) is 53.7 Å². The normalized spacial score (nSPS) is 14.2. The number of carbonyl (C=O) groups is 1. The van der Waals surface area contributed by atoms with E-state index in [4.69, 9.17) is 9.47 Å². The quantitative estimate of drug-likeness (QED) is 0.784. The van der Waals surface area contributed by atoms with E-state index in [0.717, 1.165) is 33.7 Å². The summed E-state index contributed by atoms with van der Waals surface area (Å²) in [6, 6.07) is 13.6. The topological polar surface area (TPSA) is 67.5 Å². The minimum absolute atomic E-state index is 0.0294. The van der Waals surface area contributed by atoms with Crippen molar-refractivity contribution in [2.24, 2.45) is 0 Å². The predicted octanol–water partition coefficient (Wildman–Crippen LogP) is 3.10. The highest BCUT2D eigenvalue weighted by atomic mass is 16.6. The van der Waals surface area contributed by atoms with Crippen LogP contribution in [0.4, 0.5) is 0 Å². The molecule has 1 unspecified atom stereocenters. The molecule has 6 heteroatoms. The Kier molecular flexibility index (Phi) is 4.24. The van der Waals surface area contributed by atoms with Gasteiger partial charge in [0.05, 0.1) is 23.7 Å². The average molecular weight is 351 g/mol. The molecular formula is C20H21N3O3. The van der Waals surface area contributed by atoms with Crippen LogP contribution >= 0.6 is 0 Å². The van der Waals surface area contributed by atoms with Crippen molar-refractivity contribution in [2.45, 2.75) is 19.4 Å². The summed E-state index contributed by atoms with van der Waals surface area (Å²) in [5.74, 6) is 1.52. The molecule has 1 N–H and O–H groups in total. The van der Waals surface area contributed by atoms with Gasteiger partial charge < -0.3 is 14.4 Å². The SMILES string of the molecule is CC(c1ccc2c(c1)OCCO2)N(C)C(=O)Cc1[nH]nc2ccccc12. The lowest BCUT2D eigenvalue weighted by Crippen LogP contribution is -2.31. The molecular weight excluding hydrogens is 330 g/mol. The van der Waals surface area contributed by atoms with Crippen molar-refractivity contribution >= 4 is 16.8 Å². The minimum Gasteiger partial charge on any atom is -0.486 e. The van der Waals surface area contributed by atoms with Gasteiger partial charge in [-0.15, -0.1) is 0 Å². The van der Waals surface area contributed by atoms with Crippen LogP contribution in [0.1, 0.15) is 24.2 Å². The van der Waals surface area contributed by atoms with Crippen molar-refractivity contribution < 1.29 is 14.3 Å². The van der Waals surface area contributed by atoms with Gasteiger partial charge in [-0.3, -0.25) is 9.89 Å². The number of amides is 1. The van der Waals surface area contributed by atoms with E-state index in [2.05, 4.69) is 10.2 Å². The molecule has 1 amide bonds. The van der Waals surface area contributed by atoms with Gasteiger partial charge in [0.2, 0.25) is 5.91 Å². The second kappa shape index (κ2) is 6.71. The van der Waals surface area contributed by atoms with Crippen LogP contribution in [0, 0.1) is 0 Å². The summed E-state index contributed by atoms with van der Waals surface area (Å²) in [5, 5.41) is 8.23. The number of nitrogens with zero attached hydrogens (tertiary/aromatic N) is 2. The summed E-state index contributed by atoms with van der Waals surface area (Å²) in [5.41, 5.74) is 2.73. The monoisotopic (exact) mass is 351 g/mol. The van der Waals surface area contributed by atoms with E-state index in [1.165, 1.54) is 0 Å². The van der Waals surface area contributed by atoms with Crippen LogP contribution < -0.4 is 9.47 Å². The number of likely N-dealkylation sites (N-methyl/N-ethyl adjacent to an activating group) is 1. The van der Waals surface area contributed by atoms with Gasteiger partial charge in [0.15, 0.2) is 11.5 Å². The maximum atomic E-state index is 12.8. The Morgan fingerprint density at radius 2 is 1.96 bits per heavy atom. The van der Waals surface area contributed by atoms with Crippen molar-refractivity contribution in [3.63, 3.8) is 0 Å². The Balaban J connectivity index is 1.51. The molecule has 1 atom stereocenters. The molecule has 1 aliphatic heterocycles. The van der Waals surface area contributed by atoms with E-state index >= 15 is 0 Å². The lowest BCUT2D eigenvalue weighted by atomic mass is 10.1. The Hall–Kier alpha value is -3.02. The molecule has 0 saturated heterocycles. The van der Waals surface area contributed by atoms with Crippen molar-refractivity contribution in [1.29, 1.82) is 0 Å². The van der Waals surface area contributed by atoms with Gasteiger partial charge in [-0.1, -0.05) is 24.3 Å². The van der Waals surface area contributed by atoms with Crippen LogP contribution in [0.3, 0.4) is 0 Å². The maximum absolute atomic E-state index is 12.8. The molecule has 1 aliphatic rings. The number of para-hydroxylation sites is 1. The van der Waals surface area contributed by atoms with Gasteiger partial charge >= 0.3 is 0 Å². The number of carbonyl (C=O) groups excluding carboxylic acids is 1. The van der Waals surface area contributed by atoms with E-state index in [1.807, 2.05) is 56.4 Å². The predicted molar refractivity (Wildman–Crippen MR) is 98.4 cm³/mol. The molecule has 0 radical (unpaired) electrons. The zero-order valence-electron chi connectivity index (χ0n) is 14.9. The third-order valence-electron chi connectivity index (χ3n) is 4.89. The van der Waals surface area contributed by atoms with Gasteiger partial charge in [-0.2, -0.15) is 5.10 Å². The summed E-state index contributed by atoms with van der Waals surface area (Å²) in [4.78, 5) is 14.5. The molecule has 6 nitrogen and oxygen atoms in total. The number of benzene rings is 2. The fraction of sp³-hybridized carbons (Fsp3) is 0.300. The summed E-state index contributed by atoms with van der Waals surface area (Å²) >= 11 is 0. The number of nitrogens with one attached hydrogen (secondary N) is 1. The number of hydrogen-bond acceptors (Lipinski definition) is 4. The van der Waals surface area contributed by atoms with Gasteiger partial charge in [0, 0.05) is 12.4 Å². The number of H-pyrrole nitrogens is 1. The number of rotatable bonds is 4. The van der Waals surface area contributed by atoms with Crippen LogP contribution in [0.15, 0.2) is 42.5 Å². The molecule has 0 bridgehead atoms. The fourth-order valence-electron chi connectivity index (χ4n) is 3.18. The van der Waals surface area contributed by atoms with Crippen LogP contribution in [-0.4, -0.2) is 41.3 Å². The van der Waals surface area contributed by atoms with Crippen LogP contribution in [0.5, 0.6) is 11.5 Å². The standard InChI is InChI=1S/C20H21N3O3/c1-13(14-7-8-18-19(11-14)26-10-9-25-18)23(2)20(24)12-17-15-5-3-4-6-16(15)21-22-17/h3-8,11,13H,9-10,12H2,1-2H3,(H,21,22). The highest BCUT2D eigenvalue weighted by Gasteiger charge is 2.21. The molecule has 4 rings (SSSR count). The minimum atomic E-state index is -0.0764. The number of aromatic amines is 1. The molecule has 1 aromatic heterocycles. The lowest BCUT2D eigenvalue weighted by molar-refractivity contribution is -0.131. The highest BCUT2D eigenvalue weighted by Crippen LogP contribution is 2.33. The van der Waals surface area contributed by atoms with Crippen LogP contribution in [-0.2, 0) is 11.2 Å². The zero-order chi connectivity index (χ0) is 18.1. The molecule has 0 aliphatic carbocycles. The van der Waals surface area contributed by atoms with Gasteiger partial charge in [-0.25, -0.2) is 0 Å². The van der Waals surface area contributed by atoms with Crippen molar-refractivity contribution in [3.8, 4) is 11.5 Å². The summed E-state index contributed by atoms with van der Waals surface area (Å²) < 4.78 is 11.2. The fourth-order valence-corrected chi connectivity index (χ4v) is 3.18. The van der Waals surface area contributed by atoms with Gasteiger partial charge in [-0.05, 0) is 30.7 Å². The summed E-state index contributed by atoms with van der Waals surface area (Å²) in [7, 11) is 1.82. The van der Waals surface area contributed by atoms with E-state index in [-0.39, 0.29) is 18.4 Å². The van der Waals surface area contributed by atoms with E-state index in [1.54, 1.807) is 4.90 Å². The number of fused-ring (bicyclic) bond motifs is 2. The zero-order valence-corrected chi connectivity index (χ0v) is 14.9. The molecule has 2 aromatic carbocycles. The Morgan fingerprint density at radius 1 is 1.19 bits per heavy atom. The molecule has 3 aromatic rings. The highest BCUT2D eigenvalue weighted by molar-refractivity contribution is 5.87.